The number of rotatable bonds is 2. The second-order valence-corrected chi connectivity index (χ2v) is 5.30. The Hall–Kier alpha value is -0.450. The quantitative estimate of drug-likeness (QED) is 0.906. The van der Waals surface area contributed by atoms with E-state index in [1.807, 2.05) is 13.0 Å². The molecular weight excluding hydrogens is 271 g/mol. The average molecular weight is 287 g/mol. The number of likely N-dealkylation sites (tertiary alicyclic amines) is 1. The lowest BCUT2D eigenvalue weighted by Gasteiger charge is -2.24. The summed E-state index contributed by atoms with van der Waals surface area (Å²) in [5, 5.41) is 0. The number of halogens is 2. The molecule has 2 N–H and O–H groups in total. The summed E-state index contributed by atoms with van der Waals surface area (Å²) in [4.78, 5) is 2.23. The van der Waals surface area contributed by atoms with Gasteiger partial charge in [-0.25, -0.2) is 4.39 Å². The Morgan fingerprint density at radius 3 is 2.94 bits per heavy atom. The zero-order chi connectivity index (χ0) is 11.7. The molecule has 1 heterocycles. The maximum atomic E-state index is 13.7. The van der Waals surface area contributed by atoms with E-state index in [4.69, 9.17) is 5.73 Å². The Morgan fingerprint density at radius 1 is 1.56 bits per heavy atom. The van der Waals surface area contributed by atoms with E-state index >= 15 is 0 Å². The van der Waals surface area contributed by atoms with Crippen molar-refractivity contribution in [1.82, 2.24) is 4.90 Å². The molecule has 2 nitrogen and oxygen atoms in total. The smallest absolute Gasteiger partial charge is 0.128 e. The van der Waals surface area contributed by atoms with Gasteiger partial charge in [0, 0.05) is 35.2 Å². The molecule has 0 radical (unpaired) electrons. The van der Waals surface area contributed by atoms with Crippen molar-refractivity contribution in [3.63, 3.8) is 0 Å². The Bertz CT molecular complexity index is 383. The van der Waals surface area contributed by atoms with E-state index in [2.05, 4.69) is 20.8 Å². The normalized spacial score (nSPS) is 23.6. The van der Waals surface area contributed by atoms with E-state index in [1.165, 1.54) is 6.07 Å². The van der Waals surface area contributed by atoms with Crippen LogP contribution in [0.1, 0.15) is 24.9 Å². The first-order valence-corrected chi connectivity index (χ1v) is 6.32. The molecule has 4 heteroatoms. The van der Waals surface area contributed by atoms with Crippen molar-refractivity contribution in [3.05, 3.63) is 34.1 Å². The monoisotopic (exact) mass is 286 g/mol. The predicted molar refractivity (Wildman–Crippen MR) is 66.7 cm³/mol. The Morgan fingerprint density at radius 2 is 2.31 bits per heavy atom. The molecule has 88 valence electrons. The van der Waals surface area contributed by atoms with Crippen LogP contribution in [-0.4, -0.2) is 24.0 Å². The minimum absolute atomic E-state index is 0.0889. The minimum Gasteiger partial charge on any atom is -0.326 e. The van der Waals surface area contributed by atoms with E-state index in [1.54, 1.807) is 6.07 Å². The van der Waals surface area contributed by atoms with Gasteiger partial charge in [-0.3, -0.25) is 4.90 Å². The van der Waals surface area contributed by atoms with Crippen LogP contribution in [-0.2, 0) is 0 Å². The molecule has 2 atom stereocenters. The summed E-state index contributed by atoms with van der Waals surface area (Å²) in [6.07, 6.45) is 1.000. The molecule has 1 aliphatic heterocycles. The molecule has 0 amide bonds. The highest BCUT2D eigenvalue weighted by Crippen LogP contribution is 2.28. The van der Waals surface area contributed by atoms with Crippen LogP contribution in [0.3, 0.4) is 0 Å². The average Bonchev–Trinajstić information content (AvgIpc) is 2.67. The first-order chi connectivity index (χ1) is 7.58. The molecule has 0 spiro atoms. The van der Waals surface area contributed by atoms with Gasteiger partial charge in [0.05, 0.1) is 0 Å². The fourth-order valence-corrected chi connectivity index (χ4v) is 2.58. The maximum Gasteiger partial charge on any atom is 0.128 e. The zero-order valence-electron chi connectivity index (χ0n) is 9.29. The van der Waals surface area contributed by atoms with Crippen molar-refractivity contribution < 1.29 is 4.39 Å². The number of nitrogens with two attached hydrogens (primary N) is 1. The molecule has 0 aliphatic carbocycles. The Balaban J connectivity index is 2.20. The standard InChI is InChI=1S/C12H16BrFN2/c1-8(16-5-4-10(15)7-16)11-6-9(13)2-3-12(11)14/h2-3,6,8,10H,4-5,7,15H2,1H3. The highest BCUT2D eigenvalue weighted by Gasteiger charge is 2.25. The summed E-state index contributed by atoms with van der Waals surface area (Å²) in [5.74, 6) is -0.142. The van der Waals surface area contributed by atoms with E-state index < -0.39 is 0 Å². The van der Waals surface area contributed by atoms with Gasteiger partial charge >= 0.3 is 0 Å². The molecule has 2 unspecified atom stereocenters. The zero-order valence-corrected chi connectivity index (χ0v) is 10.9. The van der Waals surface area contributed by atoms with Crippen molar-refractivity contribution in [1.29, 1.82) is 0 Å². The molecule has 0 aromatic heterocycles. The molecule has 1 aromatic rings. The fraction of sp³-hybridized carbons (Fsp3) is 0.500. The lowest BCUT2D eigenvalue weighted by molar-refractivity contribution is 0.254. The fourth-order valence-electron chi connectivity index (χ4n) is 2.20. The summed E-state index contributed by atoms with van der Waals surface area (Å²) < 4.78 is 14.6. The highest BCUT2D eigenvalue weighted by atomic mass is 79.9. The number of hydrogen-bond donors (Lipinski definition) is 1. The SMILES string of the molecule is CC(c1cc(Br)ccc1F)N1CCC(N)C1. The van der Waals surface area contributed by atoms with Gasteiger partial charge in [0.15, 0.2) is 0 Å². The summed E-state index contributed by atoms with van der Waals surface area (Å²) in [6, 6.07) is 5.40. The van der Waals surface area contributed by atoms with Crippen LogP contribution in [0, 0.1) is 5.82 Å². The molecule has 16 heavy (non-hydrogen) atoms. The topological polar surface area (TPSA) is 29.3 Å². The van der Waals surface area contributed by atoms with Crippen molar-refractivity contribution in [2.45, 2.75) is 25.4 Å². The van der Waals surface area contributed by atoms with Gasteiger partial charge < -0.3 is 5.73 Å². The number of benzene rings is 1. The highest BCUT2D eigenvalue weighted by molar-refractivity contribution is 9.10. The summed E-state index contributed by atoms with van der Waals surface area (Å²) in [6.45, 7) is 3.84. The maximum absolute atomic E-state index is 13.7. The van der Waals surface area contributed by atoms with Crippen molar-refractivity contribution in [3.8, 4) is 0 Å². The first-order valence-electron chi connectivity index (χ1n) is 5.52. The largest absolute Gasteiger partial charge is 0.326 e. The lowest BCUT2D eigenvalue weighted by Crippen LogP contribution is -2.29. The van der Waals surface area contributed by atoms with Crippen LogP contribution in [0.15, 0.2) is 22.7 Å². The summed E-state index contributed by atoms with van der Waals surface area (Å²) in [7, 11) is 0. The van der Waals surface area contributed by atoms with Gasteiger partial charge in [-0.15, -0.1) is 0 Å². The first kappa shape index (κ1) is 12.0. The molecule has 1 aliphatic rings. The van der Waals surface area contributed by atoms with Gasteiger partial charge in [0.2, 0.25) is 0 Å². The minimum atomic E-state index is -0.142. The predicted octanol–water partition coefficient (Wildman–Crippen LogP) is 2.68. The number of hydrogen-bond acceptors (Lipinski definition) is 2. The van der Waals surface area contributed by atoms with Crippen molar-refractivity contribution in [2.75, 3.05) is 13.1 Å². The van der Waals surface area contributed by atoms with Crippen LogP contribution in [0.4, 0.5) is 4.39 Å². The molecule has 0 bridgehead atoms. The van der Waals surface area contributed by atoms with Crippen LogP contribution in [0.5, 0.6) is 0 Å². The van der Waals surface area contributed by atoms with Gasteiger partial charge in [-0.2, -0.15) is 0 Å². The molecule has 1 aromatic carbocycles. The Kier molecular flexibility index (Phi) is 3.62. The molecule has 1 saturated heterocycles. The van der Waals surface area contributed by atoms with E-state index in [9.17, 15) is 4.39 Å². The number of nitrogens with zero attached hydrogens (tertiary/aromatic N) is 1. The van der Waals surface area contributed by atoms with E-state index in [0.29, 0.717) is 0 Å². The van der Waals surface area contributed by atoms with Gasteiger partial charge in [-0.05, 0) is 31.5 Å². The van der Waals surface area contributed by atoms with Gasteiger partial charge in [-0.1, -0.05) is 15.9 Å². The summed E-state index contributed by atoms with van der Waals surface area (Å²) >= 11 is 3.38. The Labute approximate surface area is 104 Å². The van der Waals surface area contributed by atoms with Crippen LogP contribution in [0.2, 0.25) is 0 Å². The molecular formula is C12H16BrFN2. The third kappa shape index (κ3) is 2.44. The molecule has 0 saturated carbocycles. The molecule has 2 rings (SSSR count). The second-order valence-electron chi connectivity index (χ2n) is 4.39. The third-order valence-electron chi connectivity index (χ3n) is 3.21. The third-order valence-corrected chi connectivity index (χ3v) is 3.71. The molecule has 1 fully saturated rings. The van der Waals surface area contributed by atoms with Gasteiger partial charge in [0.1, 0.15) is 5.82 Å². The van der Waals surface area contributed by atoms with Crippen molar-refractivity contribution >= 4 is 15.9 Å². The van der Waals surface area contributed by atoms with Crippen LogP contribution >= 0.6 is 15.9 Å². The second kappa shape index (κ2) is 4.82. The van der Waals surface area contributed by atoms with E-state index in [-0.39, 0.29) is 17.9 Å². The van der Waals surface area contributed by atoms with Gasteiger partial charge in [0.25, 0.3) is 0 Å². The van der Waals surface area contributed by atoms with E-state index in [0.717, 1.165) is 29.5 Å². The van der Waals surface area contributed by atoms with Crippen LogP contribution < -0.4 is 5.73 Å². The lowest BCUT2D eigenvalue weighted by atomic mass is 10.1. The summed E-state index contributed by atoms with van der Waals surface area (Å²) in [5.41, 5.74) is 6.60. The van der Waals surface area contributed by atoms with Crippen molar-refractivity contribution in [2.24, 2.45) is 5.73 Å². The van der Waals surface area contributed by atoms with Crippen LogP contribution in [0.25, 0.3) is 0 Å².